The minimum atomic E-state index is -0.508. The average Bonchev–Trinajstić information content (AvgIpc) is 2.03. The van der Waals surface area contributed by atoms with Gasteiger partial charge in [-0.05, 0) is 0 Å². The van der Waals surface area contributed by atoms with E-state index in [-0.39, 0.29) is 17.2 Å². The maximum Gasteiger partial charge on any atom is 0.273 e. The summed E-state index contributed by atoms with van der Waals surface area (Å²) in [5, 5.41) is 10.1. The number of para-hydroxylation sites is 1. The van der Waals surface area contributed by atoms with Crippen LogP contribution < -0.4 is 0 Å². The standard InChI is InChI=1S/C8H7NO3S/c10-8(13)5-6-3-1-2-4-7(6)9(11)12/h1-4H,5H2,(H,10,13). The molecule has 1 aromatic rings. The van der Waals surface area contributed by atoms with Gasteiger partial charge in [-0.3, -0.25) is 14.9 Å². The number of hydrogen-bond donors (Lipinski definition) is 1. The van der Waals surface area contributed by atoms with Crippen LogP contribution in [0.1, 0.15) is 5.56 Å². The van der Waals surface area contributed by atoms with Gasteiger partial charge in [0.1, 0.15) is 0 Å². The van der Waals surface area contributed by atoms with E-state index >= 15 is 0 Å². The molecule has 0 saturated heterocycles. The van der Waals surface area contributed by atoms with E-state index in [0.29, 0.717) is 5.56 Å². The Balaban J connectivity index is 3.04. The highest BCUT2D eigenvalue weighted by Gasteiger charge is 2.13. The van der Waals surface area contributed by atoms with Gasteiger partial charge in [-0.1, -0.05) is 18.2 Å². The molecule has 0 aliphatic heterocycles. The summed E-state index contributed by atoms with van der Waals surface area (Å²) in [6, 6.07) is 6.13. The number of thiol groups is 1. The van der Waals surface area contributed by atoms with Gasteiger partial charge in [-0.15, -0.1) is 12.6 Å². The minimum Gasteiger partial charge on any atom is -0.287 e. The first-order valence-electron chi connectivity index (χ1n) is 3.55. The lowest BCUT2D eigenvalue weighted by atomic mass is 10.1. The predicted octanol–water partition coefficient (Wildman–Crippen LogP) is 1.59. The van der Waals surface area contributed by atoms with Crippen molar-refractivity contribution in [2.45, 2.75) is 6.42 Å². The van der Waals surface area contributed by atoms with Crippen molar-refractivity contribution in [3.63, 3.8) is 0 Å². The van der Waals surface area contributed by atoms with E-state index in [4.69, 9.17) is 0 Å². The second kappa shape index (κ2) is 4.04. The Labute approximate surface area is 80.1 Å². The van der Waals surface area contributed by atoms with Crippen LogP contribution in [-0.2, 0) is 11.2 Å². The number of benzene rings is 1. The highest BCUT2D eigenvalue weighted by molar-refractivity contribution is 7.96. The van der Waals surface area contributed by atoms with Gasteiger partial charge in [0.05, 0.1) is 4.92 Å². The van der Waals surface area contributed by atoms with E-state index in [1.54, 1.807) is 18.2 Å². The molecule has 0 aromatic heterocycles. The lowest BCUT2D eigenvalue weighted by Crippen LogP contribution is -1.99. The topological polar surface area (TPSA) is 60.2 Å². The van der Waals surface area contributed by atoms with Crippen LogP contribution in [0.25, 0.3) is 0 Å². The number of nitrogens with zero attached hydrogens (tertiary/aromatic N) is 1. The molecule has 0 bridgehead atoms. The van der Waals surface area contributed by atoms with Gasteiger partial charge in [0, 0.05) is 18.1 Å². The summed E-state index contributed by atoms with van der Waals surface area (Å²) < 4.78 is 0. The molecule has 68 valence electrons. The number of nitro groups is 1. The molecule has 0 radical (unpaired) electrons. The van der Waals surface area contributed by atoms with Gasteiger partial charge in [0.15, 0.2) is 5.12 Å². The Morgan fingerprint density at radius 1 is 1.46 bits per heavy atom. The van der Waals surface area contributed by atoms with Gasteiger partial charge in [0.2, 0.25) is 0 Å². The fourth-order valence-electron chi connectivity index (χ4n) is 1.00. The van der Waals surface area contributed by atoms with Crippen molar-refractivity contribution in [1.29, 1.82) is 0 Å². The molecular formula is C8H7NO3S. The van der Waals surface area contributed by atoms with Gasteiger partial charge in [-0.25, -0.2) is 0 Å². The Hall–Kier alpha value is -1.36. The van der Waals surface area contributed by atoms with Crippen LogP contribution in [0.4, 0.5) is 5.69 Å². The third-order valence-corrected chi connectivity index (χ3v) is 1.69. The fourth-order valence-corrected chi connectivity index (χ4v) is 1.17. The summed E-state index contributed by atoms with van der Waals surface area (Å²) in [4.78, 5) is 20.6. The first-order chi connectivity index (χ1) is 6.11. The van der Waals surface area contributed by atoms with Crippen LogP contribution in [0, 0.1) is 10.1 Å². The molecule has 1 rings (SSSR count). The number of carbonyl (C=O) groups excluding carboxylic acids is 1. The van der Waals surface area contributed by atoms with Crippen molar-refractivity contribution in [2.75, 3.05) is 0 Å². The lowest BCUT2D eigenvalue weighted by Gasteiger charge is -1.98. The molecule has 5 heteroatoms. The number of nitro benzene ring substituents is 1. The minimum absolute atomic E-state index is 0.0136. The fraction of sp³-hybridized carbons (Fsp3) is 0.125. The summed E-state index contributed by atoms with van der Waals surface area (Å²) in [6.45, 7) is 0. The molecule has 0 amide bonds. The van der Waals surface area contributed by atoms with Crippen LogP contribution in [0.5, 0.6) is 0 Å². The van der Waals surface area contributed by atoms with Crippen LogP contribution in [0.2, 0.25) is 0 Å². The molecule has 0 spiro atoms. The molecule has 0 atom stereocenters. The molecule has 0 N–H and O–H groups in total. The molecule has 0 saturated carbocycles. The smallest absolute Gasteiger partial charge is 0.273 e. The number of rotatable bonds is 3. The van der Waals surface area contributed by atoms with Crippen molar-refractivity contribution < 1.29 is 9.72 Å². The van der Waals surface area contributed by atoms with E-state index in [1.807, 2.05) is 0 Å². The molecule has 4 nitrogen and oxygen atoms in total. The summed E-state index contributed by atoms with van der Waals surface area (Å²) in [5.41, 5.74) is 0.359. The van der Waals surface area contributed by atoms with E-state index in [1.165, 1.54) is 6.07 Å². The van der Waals surface area contributed by atoms with Crippen molar-refractivity contribution in [2.24, 2.45) is 0 Å². The van der Waals surface area contributed by atoms with Gasteiger partial charge in [0.25, 0.3) is 5.69 Å². The first kappa shape index (κ1) is 9.73. The number of hydrogen-bond acceptors (Lipinski definition) is 3. The van der Waals surface area contributed by atoms with Gasteiger partial charge in [-0.2, -0.15) is 0 Å². The summed E-state index contributed by atoms with van der Waals surface area (Å²) in [7, 11) is 0. The van der Waals surface area contributed by atoms with E-state index < -0.39 is 4.92 Å². The third kappa shape index (κ3) is 2.55. The monoisotopic (exact) mass is 197 g/mol. The number of carbonyl (C=O) groups is 1. The Morgan fingerprint density at radius 3 is 2.62 bits per heavy atom. The van der Waals surface area contributed by atoms with Crippen LogP contribution in [0.3, 0.4) is 0 Å². The molecule has 0 heterocycles. The second-order valence-electron chi connectivity index (χ2n) is 2.46. The molecule has 0 unspecified atom stereocenters. The Kier molecular flexibility index (Phi) is 3.02. The third-order valence-electron chi connectivity index (χ3n) is 1.53. The molecule has 0 fully saturated rings. The zero-order chi connectivity index (χ0) is 9.84. The molecule has 0 aliphatic rings. The second-order valence-corrected chi connectivity index (χ2v) is 2.96. The molecular weight excluding hydrogens is 190 g/mol. The lowest BCUT2D eigenvalue weighted by molar-refractivity contribution is -0.385. The van der Waals surface area contributed by atoms with Crippen LogP contribution >= 0.6 is 12.6 Å². The van der Waals surface area contributed by atoms with Crippen molar-refractivity contribution in [3.05, 3.63) is 39.9 Å². The highest BCUT2D eigenvalue weighted by Crippen LogP contribution is 2.18. The van der Waals surface area contributed by atoms with Gasteiger partial charge < -0.3 is 0 Å². The Bertz CT molecular complexity index is 351. The van der Waals surface area contributed by atoms with Crippen LogP contribution in [0.15, 0.2) is 24.3 Å². The average molecular weight is 197 g/mol. The first-order valence-corrected chi connectivity index (χ1v) is 4.00. The normalized spacial score (nSPS) is 9.62. The quantitative estimate of drug-likeness (QED) is 0.454. The van der Waals surface area contributed by atoms with Crippen LogP contribution in [-0.4, -0.2) is 10.0 Å². The zero-order valence-corrected chi connectivity index (χ0v) is 7.53. The van der Waals surface area contributed by atoms with Gasteiger partial charge >= 0.3 is 0 Å². The van der Waals surface area contributed by atoms with E-state index in [0.717, 1.165) is 0 Å². The van der Waals surface area contributed by atoms with E-state index in [9.17, 15) is 14.9 Å². The SMILES string of the molecule is O=C(S)Cc1ccccc1[N+](=O)[O-]. The maximum absolute atomic E-state index is 10.6. The predicted molar refractivity (Wildman–Crippen MR) is 50.8 cm³/mol. The van der Waals surface area contributed by atoms with E-state index in [2.05, 4.69) is 12.6 Å². The zero-order valence-electron chi connectivity index (χ0n) is 6.64. The van der Waals surface area contributed by atoms with Crippen molar-refractivity contribution >= 4 is 23.4 Å². The summed E-state index contributed by atoms with van der Waals surface area (Å²) in [5.74, 6) is 0. The Morgan fingerprint density at radius 2 is 2.08 bits per heavy atom. The highest BCUT2D eigenvalue weighted by atomic mass is 32.1. The van der Waals surface area contributed by atoms with Crippen molar-refractivity contribution in [3.8, 4) is 0 Å². The maximum atomic E-state index is 10.6. The molecule has 13 heavy (non-hydrogen) atoms. The van der Waals surface area contributed by atoms with Crippen molar-refractivity contribution in [1.82, 2.24) is 0 Å². The summed E-state index contributed by atoms with van der Waals surface area (Å²) in [6.07, 6.45) is -0.0136. The summed E-state index contributed by atoms with van der Waals surface area (Å²) >= 11 is 3.56. The molecule has 1 aromatic carbocycles. The largest absolute Gasteiger partial charge is 0.287 e. The molecule has 0 aliphatic carbocycles.